The molecule has 1 rings (SSSR count). The number of piperidine rings is 1. The van der Waals surface area contributed by atoms with Gasteiger partial charge in [0.25, 0.3) is 0 Å². The van der Waals surface area contributed by atoms with Gasteiger partial charge < -0.3 is 21.6 Å². The maximum Gasteiger partial charge on any atom is 0.233 e. The van der Waals surface area contributed by atoms with Gasteiger partial charge in [0, 0.05) is 19.0 Å². The summed E-state index contributed by atoms with van der Waals surface area (Å²) in [5, 5.41) is 11.7. The van der Waals surface area contributed by atoms with E-state index in [1.54, 1.807) is 4.90 Å². The number of primary amides is 1. The van der Waals surface area contributed by atoms with Crippen molar-refractivity contribution in [3.63, 3.8) is 0 Å². The SMILES string of the molecule is CC(C)C(C(=O)N1CCC(C(N)=O)CC1)C(N)=NO. The lowest BCUT2D eigenvalue weighted by Gasteiger charge is -2.33. The van der Waals surface area contributed by atoms with Gasteiger partial charge in [0.05, 0.1) is 0 Å². The Bertz CT molecular complexity index is 373. The molecule has 108 valence electrons. The number of nitrogens with two attached hydrogens (primary N) is 2. The Balaban J connectivity index is 2.70. The van der Waals surface area contributed by atoms with E-state index in [2.05, 4.69) is 5.16 Å². The highest BCUT2D eigenvalue weighted by Gasteiger charge is 2.33. The summed E-state index contributed by atoms with van der Waals surface area (Å²) in [6.45, 7) is 4.65. The molecule has 1 aliphatic heterocycles. The maximum atomic E-state index is 12.4. The molecule has 1 heterocycles. The van der Waals surface area contributed by atoms with Gasteiger partial charge in [-0.25, -0.2) is 0 Å². The van der Waals surface area contributed by atoms with Crippen molar-refractivity contribution in [2.45, 2.75) is 26.7 Å². The molecule has 1 atom stereocenters. The second-order valence-electron chi connectivity index (χ2n) is 5.25. The van der Waals surface area contributed by atoms with Crippen molar-refractivity contribution < 1.29 is 14.8 Å². The van der Waals surface area contributed by atoms with Crippen LogP contribution in [0.5, 0.6) is 0 Å². The molecular weight excluding hydrogens is 248 g/mol. The molecule has 0 aromatic heterocycles. The third-order valence-electron chi connectivity index (χ3n) is 3.58. The molecule has 0 saturated carbocycles. The number of likely N-dealkylation sites (tertiary alicyclic amines) is 1. The smallest absolute Gasteiger partial charge is 0.233 e. The summed E-state index contributed by atoms with van der Waals surface area (Å²) in [5.74, 6) is -1.40. The number of carbonyl (C=O) groups is 2. The summed E-state index contributed by atoms with van der Waals surface area (Å²) in [5.41, 5.74) is 10.8. The number of amidine groups is 1. The first-order chi connectivity index (χ1) is 8.88. The number of hydrogen-bond acceptors (Lipinski definition) is 4. The maximum absolute atomic E-state index is 12.4. The number of carbonyl (C=O) groups excluding carboxylic acids is 2. The summed E-state index contributed by atoms with van der Waals surface area (Å²) >= 11 is 0. The first kappa shape index (κ1) is 15.3. The van der Waals surface area contributed by atoms with Crippen LogP contribution in [0.1, 0.15) is 26.7 Å². The van der Waals surface area contributed by atoms with Crippen LogP contribution in [-0.4, -0.2) is 40.8 Å². The standard InChI is InChI=1S/C12H22N4O3/c1-7(2)9(10(13)15-19)12(18)16-5-3-8(4-6-16)11(14)17/h7-9,19H,3-6H2,1-2H3,(H2,13,15)(H2,14,17). The number of nitrogens with zero attached hydrogens (tertiary/aromatic N) is 2. The van der Waals surface area contributed by atoms with Gasteiger partial charge in [-0.05, 0) is 18.8 Å². The van der Waals surface area contributed by atoms with Crippen LogP contribution in [0.25, 0.3) is 0 Å². The van der Waals surface area contributed by atoms with E-state index in [0.717, 1.165) is 0 Å². The van der Waals surface area contributed by atoms with E-state index in [0.29, 0.717) is 25.9 Å². The van der Waals surface area contributed by atoms with Gasteiger partial charge in [-0.15, -0.1) is 0 Å². The minimum absolute atomic E-state index is 0.0581. The molecule has 1 fully saturated rings. The van der Waals surface area contributed by atoms with Gasteiger partial charge >= 0.3 is 0 Å². The largest absolute Gasteiger partial charge is 0.409 e. The normalized spacial score (nSPS) is 19.5. The minimum atomic E-state index is -0.630. The Hall–Kier alpha value is -1.79. The van der Waals surface area contributed by atoms with E-state index in [-0.39, 0.29) is 29.5 Å². The minimum Gasteiger partial charge on any atom is -0.409 e. The highest BCUT2D eigenvalue weighted by molar-refractivity contribution is 6.02. The van der Waals surface area contributed by atoms with Crippen molar-refractivity contribution in [2.75, 3.05) is 13.1 Å². The van der Waals surface area contributed by atoms with Gasteiger partial charge in [-0.1, -0.05) is 19.0 Å². The van der Waals surface area contributed by atoms with Crippen LogP contribution >= 0.6 is 0 Å². The average molecular weight is 270 g/mol. The Labute approximate surface area is 112 Å². The van der Waals surface area contributed by atoms with Crippen LogP contribution < -0.4 is 11.5 Å². The average Bonchev–Trinajstić information content (AvgIpc) is 2.38. The highest BCUT2D eigenvalue weighted by atomic mass is 16.4. The number of hydrogen-bond donors (Lipinski definition) is 3. The second kappa shape index (κ2) is 6.40. The van der Waals surface area contributed by atoms with Gasteiger partial charge in [0.15, 0.2) is 5.84 Å². The predicted molar refractivity (Wildman–Crippen MR) is 70.2 cm³/mol. The molecule has 0 radical (unpaired) electrons. The fourth-order valence-corrected chi connectivity index (χ4v) is 2.40. The van der Waals surface area contributed by atoms with Crippen LogP contribution in [0.2, 0.25) is 0 Å². The van der Waals surface area contributed by atoms with Crippen molar-refractivity contribution in [3.05, 3.63) is 0 Å². The van der Waals surface area contributed by atoms with E-state index in [1.807, 2.05) is 13.8 Å². The Morgan fingerprint density at radius 1 is 1.26 bits per heavy atom. The quantitative estimate of drug-likeness (QED) is 0.281. The van der Waals surface area contributed by atoms with Crippen LogP contribution in [0.3, 0.4) is 0 Å². The highest BCUT2D eigenvalue weighted by Crippen LogP contribution is 2.21. The molecule has 0 aromatic rings. The Morgan fingerprint density at radius 3 is 2.16 bits per heavy atom. The molecule has 1 saturated heterocycles. The monoisotopic (exact) mass is 270 g/mol. The van der Waals surface area contributed by atoms with E-state index >= 15 is 0 Å². The zero-order valence-electron chi connectivity index (χ0n) is 11.4. The molecule has 0 aliphatic carbocycles. The van der Waals surface area contributed by atoms with Gasteiger partial charge in [0.2, 0.25) is 11.8 Å². The molecule has 0 spiro atoms. The number of rotatable bonds is 4. The molecule has 0 aromatic carbocycles. The molecule has 0 bridgehead atoms. The molecule has 2 amide bonds. The lowest BCUT2D eigenvalue weighted by Crippen LogP contribution is -2.48. The summed E-state index contributed by atoms with van der Waals surface area (Å²) in [6, 6.07) is 0. The third kappa shape index (κ3) is 3.59. The van der Waals surface area contributed by atoms with E-state index in [9.17, 15) is 9.59 Å². The Kier molecular flexibility index (Phi) is 5.14. The molecule has 19 heavy (non-hydrogen) atoms. The van der Waals surface area contributed by atoms with Crippen molar-refractivity contribution >= 4 is 17.6 Å². The molecule has 1 aliphatic rings. The lowest BCUT2D eigenvalue weighted by atomic mass is 9.90. The number of amides is 2. The first-order valence-electron chi connectivity index (χ1n) is 6.44. The zero-order chi connectivity index (χ0) is 14.6. The molecule has 5 N–H and O–H groups in total. The number of oxime groups is 1. The summed E-state index contributed by atoms with van der Waals surface area (Å²) in [6.07, 6.45) is 1.14. The van der Waals surface area contributed by atoms with Gasteiger partial charge in [-0.2, -0.15) is 0 Å². The molecule has 7 heteroatoms. The lowest BCUT2D eigenvalue weighted by molar-refractivity contribution is -0.137. The van der Waals surface area contributed by atoms with Gasteiger partial charge in [0.1, 0.15) is 5.92 Å². The molecule has 1 unspecified atom stereocenters. The van der Waals surface area contributed by atoms with Crippen molar-refractivity contribution in [1.82, 2.24) is 4.90 Å². The first-order valence-corrected chi connectivity index (χ1v) is 6.44. The molecule has 7 nitrogen and oxygen atoms in total. The second-order valence-corrected chi connectivity index (χ2v) is 5.25. The summed E-state index contributed by atoms with van der Waals surface area (Å²) in [7, 11) is 0. The third-order valence-corrected chi connectivity index (χ3v) is 3.58. The fraction of sp³-hybridized carbons (Fsp3) is 0.750. The topological polar surface area (TPSA) is 122 Å². The van der Waals surface area contributed by atoms with E-state index in [4.69, 9.17) is 16.7 Å². The summed E-state index contributed by atoms with van der Waals surface area (Å²) in [4.78, 5) is 25.1. The van der Waals surface area contributed by atoms with E-state index in [1.165, 1.54) is 0 Å². The molecular formula is C12H22N4O3. The van der Waals surface area contributed by atoms with E-state index < -0.39 is 5.92 Å². The fourth-order valence-electron chi connectivity index (χ4n) is 2.40. The van der Waals surface area contributed by atoms with Crippen LogP contribution in [0.15, 0.2) is 5.16 Å². The predicted octanol–water partition coefficient (Wildman–Crippen LogP) is -0.271. The van der Waals surface area contributed by atoms with Gasteiger partial charge in [-0.3, -0.25) is 9.59 Å². The van der Waals surface area contributed by atoms with Crippen LogP contribution in [0, 0.1) is 17.8 Å². The van der Waals surface area contributed by atoms with Crippen molar-refractivity contribution in [1.29, 1.82) is 0 Å². The van der Waals surface area contributed by atoms with Crippen LogP contribution in [0.4, 0.5) is 0 Å². The summed E-state index contributed by atoms with van der Waals surface area (Å²) < 4.78 is 0. The van der Waals surface area contributed by atoms with Crippen molar-refractivity contribution in [3.8, 4) is 0 Å². The van der Waals surface area contributed by atoms with Crippen LogP contribution in [-0.2, 0) is 9.59 Å². The zero-order valence-corrected chi connectivity index (χ0v) is 11.4. The van der Waals surface area contributed by atoms with Crippen molar-refractivity contribution in [2.24, 2.45) is 34.4 Å². The Morgan fingerprint density at radius 2 is 1.79 bits per heavy atom.